The van der Waals surface area contributed by atoms with Crippen molar-refractivity contribution < 1.29 is 25.2 Å². The van der Waals surface area contributed by atoms with Crippen LogP contribution in [0.15, 0.2) is 23.0 Å². The monoisotopic (exact) mass is 292 g/mol. The average molecular weight is 292 g/mol. The lowest BCUT2D eigenvalue weighted by molar-refractivity contribution is -0.253. The molecule has 0 aliphatic heterocycles. The van der Waals surface area contributed by atoms with E-state index in [0.717, 1.165) is 0 Å². The zero-order valence-corrected chi connectivity index (χ0v) is 11.5. The maximum Gasteiger partial charge on any atom is 0.307 e. The number of aryl methyl sites for hydroxylation is 1. The van der Waals surface area contributed by atoms with Crippen LogP contribution in [0.4, 0.5) is 0 Å². The number of hydrogen-bond donors (Lipinski definition) is 3. The first-order valence-corrected chi connectivity index (χ1v) is 6.42. The summed E-state index contributed by atoms with van der Waals surface area (Å²) < 4.78 is 0. The molecule has 0 unspecified atom stereocenters. The molecule has 1 aromatic rings. The van der Waals surface area contributed by atoms with Gasteiger partial charge in [-0.2, -0.15) is 0 Å². The van der Waals surface area contributed by atoms with Crippen LogP contribution in [0.1, 0.15) is 29.7 Å². The summed E-state index contributed by atoms with van der Waals surface area (Å²) in [6, 6.07) is 0. The molecule has 21 heavy (non-hydrogen) atoms. The maximum atomic E-state index is 10.9. The van der Waals surface area contributed by atoms with Crippen LogP contribution in [0.5, 0.6) is 5.75 Å². The van der Waals surface area contributed by atoms with Gasteiger partial charge in [0.2, 0.25) is 0 Å². The highest BCUT2D eigenvalue weighted by Crippen LogP contribution is 2.27. The minimum absolute atomic E-state index is 0.0401. The first-order valence-electron chi connectivity index (χ1n) is 6.42. The second kappa shape index (κ2) is 6.47. The maximum absolute atomic E-state index is 10.9. The van der Waals surface area contributed by atoms with Gasteiger partial charge in [-0.05, 0) is 13.3 Å². The fraction of sp³-hybridized carbons (Fsp3) is 0.357. The number of rotatable bonds is 5. The Morgan fingerprint density at radius 1 is 1.62 bits per heavy atom. The predicted octanol–water partition coefficient (Wildman–Crippen LogP) is 1.88. The van der Waals surface area contributed by atoms with Gasteiger partial charge in [-0.3, -0.25) is 20.0 Å². The number of aliphatic imine (C=N–C) groups is 1. The van der Waals surface area contributed by atoms with E-state index in [1.807, 2.05) is 0 Å². The summed E-state index contributed by atoms with van der Waals surface area (Å²) in [4.78, 5) is 23.2. The number of carboxylic acids is 1. The Balaban J connectivity index is 2.21. The Bertz CT molecular complexity index is 610. The molecular formula is C14H16N2O5. The average Bonchev–Trinajstić information content (AvgIpc) is 2.92. The van der Waals surface area contributed by atoms with Gasteiger partial charge in [0.15, 0.2) is 0 Å². The highest BCUT2D eigenvalue weighted by molar-refractivity contribution is 5.86. The topological polar surface area (TPSA) is 112 Å². The Labute approximate surface area is 121 Å². The van der Waals surface area contributed by atoms with Crippen molar-refractivity contribution in [3.8, 4) is 5.75 Å². The van der Waals surface area contributed by atoms with E-state index < -0.39 is 11.9 Å². The largest absolute Gasteiger partial charge is 0.505 e. The lowest BCUT2D eigenvalue weighted by Gasteiger charge is -2.08. The third-order valence-corrected chi connectivity index (χ3v) is 3.38. The summed E-state index contributed by atoms with van der Waals surface area (Å²) in [5, 5.41) is 27.5. The van der Waals surface area contributed by atoms with Gasteiger partial charge < -0.3 is 10.2 Å². The van der Waals surface area contributed by atoms with Crippen LogP contribution in [-0.4, -0.2) is 32.6 Å². The highest BCUT2D eigenvalue weighted by Gasteiger charge is 2.23. The van der Waals surface area contributed by atoms with Crippen molar-refractivity contribution in [2.75, 3.05) is 0 Å². The van der Waals surface area contributed by atoms with Crippen LogP contribution >= 0.6 is 0 Å². The molecule has 112 valence electrons. The van der Waals surface area contributed by atoms with Crippen LogP contribution < -0.4 is 0 Å². The predicted molar refractivity (Wildman–Crippen MR) is 74.1 cm³/mol. The number of aromatic nitrogens is 1. The molecule has 1 atom stereocenters. The van der Waals surface area contributed by atoms with E-state index in [9.17, 15) is 9.90 Å². The fourth-order valence-electron chi connectivity index (χ4n) is 2.12. The molecule has 0 radical (unpaired) electrons. The summed E-state index contributed by atoms with van der Waals surface area (Å²) in [5.41, 5.74) is 1.98. The minimum Gasteiger partial charge on any atom is -0.505 e. The van der Waals surface area contributed by atoms with Gasteiger partial charge in [0.05, 0.1) is 11.6 Å². The molecule has 0 spiro atoms. The van der Waals surface area contributed by atoms with Gasteiger partial charge in [-0.1, -0.05) is 6.08 Å². The minimum atomic E-state index is -0.839. The van der Waals surface area contributed by atoms with Crippen molar-refractivity contribution in [1.82, 2.24) is 4.98 Å². The Morgan fingerprint density at radius 2 is 2.38 bits per heavy atom. The third-order valence-electron chi connectivity index (χ3n) is 3.38. The molecule has 0 amide bonds. The lowest BCUT2D eigenvalue weighted by atomic mass is 10.1. The van der Waals surface area contributed by atoms with Crippen LogP contribution in [0, 0.1) is 12.8 Å². The lowest BCUT2D eigenvalue weighted by Crippen LogP contribution is -2.09. The molecule has 1 heterocycles. The molecular weight excluding hydrogens is 276 g/mol. The number of nitrogens with zero attached hydrogens (tertiary/aromatic N) is 2. The summed E-state index contributed by atoms with van der Waals surface area (Å²) in [6.45, 7) is 1.52. The van der Waals surface area contributed by atoms with E-state index in [-0.39, 0.29) is 12.4 Å². The quantitative estimate of drug-likeness (QED) is 0.434. The zero-order valence-electron chi connectivity index (χ0n) is 11.5. The molecule has 0 saturated heterocycles. The summed E-state index contributed by atoms with van der Waals surface area (Å²) in [7, 11) is 0. The van der Waals surface area contributed by atoms with E-state index in [0.29, 0.717) is 35.4 Å². The number of allylic oxidation sites excluding steroid dienone is 2. The molecule has 1 aliphatic rings. The summed E-state index contributed by atoms with van der Waals surface area (Å²) >= 11 is 0. The van der Waals surface area contributed by atoms with Gasteiger partial charge in [0.1, 0.15) is 12.4 Å². The second-order valence-corrected chi connectivity index (χ2v) is 4.83. The van der Waals surface area contributed by atoms with Crippen LogP contribution in [0.3, 0.4) is 0 Å². The number of hydrogen-bond acceptors (Lipinski definition) is 6. The van der Waals surface area contributed by atoms with Gasteiger partial charge in [-0.15, -0.1) is 0 Å². The van der Waals surface area contributed by atoms with Crippen LogP contribution in [0.25, 0.3) is 0 Å². The zero-order chi connectivity index (χ0) is 15.4. The molecule has 7 nitrogen and oxygen atoms in total. The molecule has 0 saturated carbocycles. The summed E-state index contributed by atoms with van der Waals surface area (Å²) in [6.07, 6.45) is 5.51. The van der Waals surface area contributed by atoms with Crippen molar-refractivity contribution in [2.45, 2.75) is 26.4 Å². The van der Waals surface area contributed by atoms with Crippen LogP contribution in [-0.2, 0) is 16.3 Å². The van der Waals surface area contributed by atoms with Crippen LogP contribution in [0.2, 0.25) is 0 Å². The number of pyridine rings is 1. The summed E-state index contributed by atoms with van der Waals surface area (Å²) in [5.74, 6) is -1.32. The van der Waals surface area contributed by atoms with Gasteiger partial charge in [0.25, 0.3) is 0 Å². The fourth-order valence-corrected chi connectivity index (χ4v) is 2.12. The van der Waals surface area contributed by atoms with Gasteiger partial charge in [-0.25, -0.2) is 4.89 Å². The van der Waals surface area contributed by atoms with Crippen molar-refractivity contribution >= 4 is 12.2 Å². The molecule has 1 aliphatic carbocycles. The van der Waals surface area contributed by atoms with Crippen molar-refractivity contribution in [2.24, 2.45) is 10.9 Å². The van der Waals surface area contributed by atoms with E-state index in [2.05, 4.69) is 14.9 Å². The molecule has 2 rings (SSSR count). The normalized spacial score (nSPS) is 18.2. The number of carboxylic acid groups (broad SMARTS) is 1. The number of aliphatic carboxylic acids is 1. The molecule has 1 aromatic heterocycles. The molecule has 3 N–H and O–H groups in total. The second-order valence-electron chi connectivity index (χ2n) is 4.83. The smallest absolute Gasteiger partial charge is 0.307 e. The van der Waals surface area contributed by atoms with E-state index >= 15 is 0 Å². The number of aromatic hydroxyl groups is 1. The third kappa shape index (κ3) is 3.45. The molecule has 7 heteroatoms. The van der Waals surface area contributed by atoms with Crippen molar-refractivity contribution in [1.29, 1.82) is 0 Å². The highest BCUT2D eigenvalue weighted by atomic mass is 17.1. The van der Waals surface area contributed by atoms with E-state index in [1.54, 1.807) is 13.0 Å². The van der Waals surface area contributed by atoms with Gasteiger partial charge in [0, 0.05) is 35.7 Å². The Hall–Kier alpha value is -2.25. The Morgan fingerprint density at radius 3 is 3.00 bits per heavy atom. The van der Waals surface area contributed by atoms with Gasteiger partial charge >= 0.3 is 5.97 Å². The molecule has 0 fully saturated rings. The molecule has 0 bridgehead atoms. The Kier molecular flexibility index (Phi) is 4.66. The number of carbonyl (C=O) groups is 1. The van der Waals surface area contributed by atoms with Crippen molar-refractivity contribution in [3.05, 3.63) is 34.8 Å². The van der Waals surface area contributed by atoms with E-state index in [4.69, 9.17) is 10.4 Å². The van der Waals surface area contributed by atoms with Crippen molar-refractivity contribution in [3.63, 3.8) is 0 Å². The standard InChI is InChI=1S/C14H16N2O5/c1-8-13(17)12(10(5-15-8)7-21-20)6-16-11-3-2-9(4-11)14(18)19/h3,5-6,9,17,20H,2,4,7H2,1H3,(H,18,19)/t9-/m0/s1. The first-order chi connectivity index (χ1) is 10.0. The SMILES string of the molecule is Cc1ncc(COO)c(C=NC2=CC[C@H](C(=O)O)C2)c1O. The molecule has 0 aromatic carbocycles. The first kappa shape index (κ1) is 15.1. The van der Waals surface area contributed by atoms with E-state index in [1.165, 1.54) is 12.4 Å².